The molecular weight excluding hydrogens is 312 g/mol. The molecule has 0 atom stereocenters. The number of nitrogens with zero attached hydrogens (tertiary/aromatic N) is 1. The molecule has 5 nitrogen and oxygen atoms in total. The predicted octanol–water partition coefficient (Wildman–Crippen LogP) is 3.66. The average molecular weight is 322 g/mol. The summed E-state index contributed by atoms with van der Waals surface area (Å²) in [6, 6.07) is 14.0. The molecule has 0 aliphatic heterocycles. The van der Waals surface area contributed by atoms with E-state index in [9.17, 15) is 9.59 Å². The number of amides is 1. The van der Waals surface area contributed by atoms with Crippen molar-refractivity contribution in [3.8, 4) is 0 Å². The summed E-state index contributed by atoms with van der Waals surface area (Å²) >= 11 is 1.53. The van der Waals surface area contributed by atoms with Crippen LogP contribution in [0, 0.1) is 0 Å². The molecule has 2 aromatic heterocycles. The summed E-state index contributed by atoms with van der Waals surface area (Å²) in [6.07, 6.45) is 0. The summed E-state index contributed by atoms with van der Waals surface area (Å²) in [5.74, 6) is -0.501. The van der Waals surface area contributed by atoms with Crippen LogP contribution in [0.5, 0.6) is 0 Å². The summed E-state index contributed by atoms with van der Waals surface area (Å²) in [5.41, 5.74) is 2.91. The largest absolute Gasteiger partial charge is 0.422 e. The highest BCUT2D eigenvalue weighted by Gasteiger charge is 2.14. The molecule has 2 aromatic carbocycles. The van der Waals surface area contributed by atoms with Gasteiger partial charge in [0.25, 0.3) is 5.91 Å². The highest BCUT2D eigenvalue weighted by molar-refractivity contribution is 7.16. The second-order valence-corrected chi connectivity index (χ2v) is 5.86. The smallest absolute Gasteiger partial charge is 0.349 e. The Balaban J connectivity index is 1.71. The van der Waals surface area contributed by atoms with E-state index < -0.39 is 11.5 Å². The fraction of sp³-hybridized carbons (Fsp3) is 0. The number of carbonyl (C=O) groups is 1. The highest BCUT2D eigenvalue weighted by atomic mass is 32.1. The van der Waals surface area contributed by atoms with E-state index in [1.165, 1.54) is 17.4 Å². The lowest BCUT2D eigenvalue weighted by atomic mass is 10.1. The minimum absolute atomic E-state index is 0.0259. The third-order valence-corrected chi connectivity index (χ3v) is 4.28. The molecule has 4 aromatic rings. The SMILES string of the molecule is O=C(Nc1ccc2scnc2c1)c1cc2ccccc2oc1=O. The fourth-order valence-corrected chi connectivity index (χ4v) is 3.01. The van der Waals surface area contributed by atoms with Gasteiger partial charge in [0.1, 0.15) is 11.1 Å². The Hall–Kier alpha value is -2.99. The van der Waals surface area contributed by atoms with Crippen molar-refractivity contribution < 1.29 is 9.21 Å². The highest BCUT2D eigenvalue weighted by Crippen LogP contribution is 2.22. The van der Waals surface area contributed by atoms with Crippen LogP contribution in [0.1, 0.15) is 10.4 Å². The van der Waals surface area contributed by atoms with E-state index in [2.05, 4.69) is 10.3 Å². The lowest BCUT2D eigenvalue weighted by Gasteiger charge is -2.05. The predicted molar refractivity (Wildman–Crippen MR) is 90.1 cm³/mol. The van der Waals surface area contributed by atoms with Crippen molar-refractivity contribution in [1.82, 2.24) is 4.98 Å². The number of carbonyl (C=O) groups excluding carboxylic acids is 1. The maximum absolute atomic E-state index is 12.4. The van der Waals surface area contributed by atoms with Gasteiger partial charge in [-0.15, -0.1) is 11.3 Å². The molecule has 0 saturated heterocycles. The molecule has 6 heteroatoms. The summed E-state index contributed by atoms with van der Waals surface area (Å²) in [5, 5.41) is 3.41. The molecule has 0 aliphatic carbocycles. The van der Waals surface area contributed by atoms with Gasteiger partial charge in [-0.3, -0.25) is 4.79 Å². The van der Waals surface area contributed by atoms with Gasteiger partial charge in [-0.1, -0.05) is 18.2 Å². The van der Waals surface area contributed by atoms with E-state index in [-0.39, 0.29) is 5.56 Å². The van der Waals surface area contributed by atoms with Crippen molar-refractivity contribution in [1.29, 1.82) is 0 Å². The zero-order valence-electron chi connectivity index (χ0n) is 11.8. The molecule has 1 amide bonds. The van der Waals surface area contributed by atoms with Crippen molar-refractivity contribution >= 4 is 44.1 Å². The Morgan fingerprint density at radius 1 is 1.13 bits per heavy atom. The van der Waals surface area contributed by atoms with Crippen molar-refractivity contribution in [2.24, 2.45) is 0 Å². The van der Waals surface area contributed by atoms with Gasteiger partial charge in [0.05, 0.1) is 15.7 Å². The summed E-state index contributed by atoms with van der Waals surface area (Å²) in [4.78, 5) is 28.6. The number of aromatic nitrogens is 1. The topological polar surface area (TPSA) is 72.2 Å². The van der Waals surface area contributed by atoms with Crippen molar-refractivity contribution in [2.45, 2.75) is 0 Å². The number of benzene rings is 2. The van der Waals surface area contributed by atoms with E-state index in [1.54, 1.807) is 35.8 Å². The molecule has 0 aliphatic rings. The summed E-state index contributed by atoms with van der Waals surface area (Å²) < 4.78 is 6.22. The lowest BCUT2D eigenvalue weighted by molar-refractivity contribution is 0.102. The minimum atomic E-state index is -0.657. The number of anilines is 1. The van der Waals surface area contributed by atoms with E-state index in [4.69, 9.17) is 4.42 Å². The van der Waals surface area contributed by atoms with Crippen molar-refractivity contribution in [3.63, 3.8) is 0 Å². The standard InChI is InChI=1S/C17H10N2O3S/c20-16(19-11-5-6-15-13(8-11)18-9-23-15)12-7-10-3-1-2-4-14(10)22-17(12)21/h1-9H,(H,19,20). The van der Waals surface area contributed by atoms with Gasteiger partial charge < -0.3 is 9.73 Å². The molecule has 0 unspecified atom stereocenters. The third kappa shape index (κ3) is 2.49. The van der Waals surface area contributed by atoms with Gasteiger partial charge >= 0.3 is 5.63 Å². The van der Waals surface area contributed by atoms with Crippen LogP contribution >= 0.6 is 11.3 Å². The fourth-order valence-electron chi connectivity index (χ4n) is 2.35. The monoisotopic (exact) mass is 322 g/mol. The van der Waals surface area contributed by atoms with Crippen LogP contribution in [0.15, 0.2) is 63.3 Å². The normalized spacial score (nSPS) is 11.0. The second kappa shape index (κ2) is 5.33. The molecule has 2 heterocycles. The molecule has 0 bridgehead atoms. The first-order valence-corrected chi connectivity index (χ1v) is 7.76. The first kappa shape index (κ1) is 13.7. The van der Waals surface area contributed by atoms with Gasteiger partial charge in [0, 0.05) is 11.1 Å². The Morgan fingerprint density at radius 2 is 2.00 bits per heavy atom. The van der Waals surface area contributed by atoms with Crippen molar-refractivity contribution in [3.05, 3.63) is 70.0 Å². The Kier molecular flexibility index (Phi) is 3.17. The molecule has 112 valence electrons. The number of fused-ring (bicyclic) bond motifs is 2. The summed E-state index contributed by atoms with van der Waals surface area (Å²) in [6.45, 7) is 0. The maximum atomic E-state index is 12.4. The van der Waals surface area contributed by atoms with Gasteiger partial charge in [0.15, 0.2) is 0 Å². The second-order valence-electron chi connectivity index (χ2n) is 4.97. The van der Waals surface area contributed by atoms with Crippen LogP contribution in [0.2, 0.25) is 0 Å². The quantitative estimate of drug-likeness (QED) is 0.572. The maximum Gasteiger partial charge on any atom is 0.349 e. The molecular formula is C17H10N2O3S. The average Bonchev–Trinajstić information content (AvgIpc) is 3.01. The molecule has 23 heavy (non-hydrogen) atoms. The van der Waals surface area contributed by atoms with Crippen LogP contribution in [-0.2, 0) is 0 Å². The zero-order valence-corrected chi connectivity index (χ0v) is 12.6. The Morgan fingerprint density at radius 3 is 2.91 bits per heavy atom. The number of rotatable bonds is 2. The van der Waals surface area contributed by atoms with Crippen LogP contribution < -0.4 is 10.9 Å². The van der Waals surface area contributed by atoms with E-state index in [1.807, 2.05) is 12.1 Å². The first-order chi connectivity index (χ1) is 11.2. The van der Waals surface area contributed by atoms with Crippen LogP contribution in [0.3, 0.4) is 0 Å². The molecule has 0 saturated carbocycles. The van der Waals surface area contributed by atoms with Crippen LogP contribution in [-0.4, -0.2) is 10.9 Å². The number of hydrogen-bond acceptors (Lipinski definition) is 5. The van der Waals surface area contributed by atoms with Gasteiger partial charge in [0.2, 0.25) is 0 Å². The molecule has 4 rings (SSSR count). The van der Waals surface area contributed by atoms with Crippen LogP contribution in [0.25, 0.3) is 21.2 Å². The molecule has 1 N–H and O–H groups in total. The van der Waals surface area contributed by atoms with Gasteiger partial charge in [-0.25, -0.2) is 9.78 Å². The summed E-state index contributed by atoms with van der Waals surface area (Å²) in [7, 11) is 0. The molecule has 0 fully saturated rings. The number of thiazole rings is 1. The number of hydrogen-bond donors (Lipinski definition) is 1. The Labute approximate surface area is 134 Å². The minimum Gasteiger partial charge on any atom is -0.422 e. The van der Waals surface area contributed by atoms with Gasteiger partial charge in [-0.2, -0.15) is 0 Å². The Bertz CT molecular complexity index is 1100. The third-order valence-electron chi connectivity index (χ3n) is 3.47. The van der Waals surface area contributed by atoms with E-state index in [0.717, 1.165) is 10.2 Å². The number of nitrogens with one attached hydrogen (secondary N) is 1. The zero-order chi connectivity index (χ0) is 15.8. The lowest BCUT2D eigenvalue weighted by Crippen LogP contribution is -2.20. The molecule has 0 radical (unpaired) electrons. The van der Waals surface area contributed by atoms with E-state index in [0.29, 0.717) is 16.7 Å². The molecule has 0 spiro atoms. The van der Waals surface area contributed by atoms with Crippen LogP contribution in [0.4, 0.5) is 5.69 Å². The van der Waals surface area contributed by atoms with Gasteiger partial charge in [-0.05, 0) is 30.3 Å². The first-order valence-electron chi connectivity index (χ1n) is 6.88. The van der Waals surface area contributed by atoms with Crippen molar-refractivity contribution in [2.75, 3.05) is 5.32 Å². The number of para-hydroxylation sites is 1. The van der Waals surface area contributed by atoms with E-state index >= 15 is 0 Å².